The first kappa shape index (κ1) is 24.9. The van der Waals surface area contributed by atoms with Crippen molar-refractivity contribution in [3.63, 3.8) is 0 Å². The van der Waals surface area contributed by atoms with Gasteiger partial charge in [-0.3, -0.25) is 4.79 Å². The van der Waals surface area contributed by atoms with Crippen LogP contribution in [0.15, 0.2) is 30.5 Å². The predicted molar refractivity (Wildman–Crippen MR) is 123 cm³/mol. The Labute approximate surface area is 201 Å². The molecule has 1 saturated heterocycles. The smallest absolute Gasteiger partial charge is 0.416 e. The van der Waals surface area contributed by atoms with E-state index < -0.39 is 17.6 Å². The van der Waals surface area contributed by atoms with Gasteiger partial charge in [-0.25, -0.2) is 9.48 Å². The number of alkyl halides is 3. The molecule has 0 bridgehead atoms. The molecule has 3 amide bonds. The molecule has 1 saturated carbocycles. The number of likely N-dealkylation sites (tertiary alicyclic amines) is 1. The minimum atomic E-state index is -4.49. The van der Waals surface area contributed by atoms with Gasteiger partial charge in [0.15, 0.2) is 11.4 Å². The summed E-state index contributed by atoms with van der Waals surface area (Å²) in [5.41, 5.74) is -0.661. The van der Waals surface area contributed by atoms with Crippen molar-refractivity contribution in [1.29, 1.82) is 0 Å². The average Bonchev–Trinajstić information content (AvgIpc) is 3.29. The molecule has 2 heterocycles. The van der Waals surface area contributed by atoms with Crippen molar-refractivity contribution >= 4 is 11.9 Å². The highest BCUT2D eigenvalue weighted by Gasteiger charge is 2.31. The third kappa shape index (κ3) is 6.07. The van der Waals surface area contributed by atoms with Gasteiger partial charge in [0.05, 0.1) is 24.6 Å². The molecule has 11 heteroatoms. The Hall–Kier alpha value is -3.24. The fourth-order valence-corrected chi connectivity index (χ4v) is 4.62. The maximum atomic E-state index is 13.1. The van der Waals surface area contributed by atoms with Crippen LogP contribution >= 0.6 is 0 Å². The van der Waals surface area contributed by atoms with Crippen LogP contribution in [0.25, 0.3) is 5.69 Å². The minimum absolute atomic E-state index is 0.0117. The second-order valence-corrected chi connectivity index (χ2v) is 9.06. The summed E-state index contributed by atoms with van der Waals surface area (Å²) >= 11 is 0. The van der Waals surface area contributed by atoms with Gasteiger partial charge in [0.25, 0.3) is 5.91 Å². The van der Waals surface area contributed by atoms with E-state index in [1.807, 2.05) is 0 Å². The van der Waals surface area contributed by atoms with Crippen LogP contribution in [-0.2, 0) is 6.18 Å². The van der Waals surface area contributed by atoms with Gasteiger partial charge in [-0.05, 0) is 43.9 Å². The molecule has 0 spiro atoms. The van der Waals surface area contributed by atoms with Crippen LogP contribution < -0.4 is 15.4 Å². The van der Waals surface area contributed by atoms with Crippen molar-refractivity contribution in [3.8, 4) is 11.4 Å². The van der Waals surface area contributed by atoms with E-state index in [1.165, 1.54) is 36.5 Å². The number of urea groups is 1. The molecule has 2 aliphatic rings. The van der Waals surface area contributed by atoms with Crippen LogP contribution in [0.3, 0.4) is 0 Å². The van der Waals surface area contributed by atoms with Crippen molar-refractivity contribution in [2.45, 2.75) is 63.2 Å². The topological polar surface area (TPSA) is 88.5 Å². The van der Waals surface area contributed by atoms with Gasteiger partial charge in [-0.2, -0.15) is 18.3 Å². The van der Waals surface area contributed by atoms with E-state index >= 15 is 0 Å². The van der Waals surface area contributed by atoms with E-state index in [0.29, 0.717) is 25.9 Å². The zero-order valence-electron chi connectivity index (χ0n) is 19.6. The monoisotopic (exact) mass is 493 g/mol. The second kappa shape index (κ2) is 10.6. The van der Waals surface area contributed by atoms with Crippen LogP contribution in [0.4, 0.5) is 18.0 Å². The molecule has 2 fully saturated rings. The summed E-state index contributed by atoms with van der Waals surface area (Å²) in [5, 5.41) is 10.2. The maximum Gasteiger partial charge on any atom is 0.416 e. The van der Waals surface area contributed by atoms with Gasteiger partial charge >= 0.3 is 12.2 Å². The zero-order chi connectivity index (χ0) is 25.0. The van der Waals surface area contributed by atoms with E-state index in [-0.39, 0.29) is 35.2 Å². The number of piperidine rings is 1. The van der Waals surface area contributed by atoms with E-state index in [1.54, 1.807) is 4.90 Å². The first-order valence-electron chi connectivity index (χ1n) is 11.9. The lowest BCUT2D eigenvalue weighted by Gasteiger charge is -2.34. The molecule has 2 aromatic rings. The van der Waals surface area contributed by atoms with Gasteiger partial charge in [0.2, 0.25) is 0 Å². The molecule has 4 rings (SSSR count). The Morgan fingerprint density at radius 2 is 1.71 bits per heavy atom. The number of rotatable bonds is 5. The van der Waals surface area contributed by atoms with Crippen molar-refractivity contribution < 1.29 is 27.5 Å². The number of nitrogens with one attached hydrogen (secondary N) is 2. The quantitative estimate of drug-likeness (QED) is 0.656. The SMILES string of the molecule is COc1cn(-c2cccc(C(F)(F)F)c2)nc1C(=O)NC1CCN(C(=O)NC2CCCCC2)CC1. The van der Waals surface area contributed by atoms with Crippen molar-refractivity contribution in [2.75, 3.05) is 20.2 Å². The van der Waals surface area contributed by atoms with E-state index in [0.717, 1.165) is 37.8 Å². The fourth-order valence-electron chi connectivity index (χ4n) is 4.62. The Bertz CT molecular complexity index is 1040. The molecule has 1 aromatic heterocycles. The summed E-state index contributed by atoms with van der Waals surface area (Å²) in [7, 11) is 1.37. The molecule has 8 nitrogen and oxygen atoms in total. The summed E-state index contributed by atoms with van der Waals surface area (Å²) in [6.07, 6.45) is 3.64. The normalized spacial score (nSPS) is 17.8. The fraction of sp³-hybridized carbons (Fsp3) is 0.542. The standard InChI is InChI=1S/C24H30F3N5O3/c1-35-20-15-32(19-9-5-6-16(14-19)24(25,26)27)30-21(20)22(33)28-18-10-12-31(13-11-18)23(34)29-17-7-3-2-4-8-17/h5-6,9,14-15,17-18H,2-4,7-8,10-13H2,1H3,(H,28,33)(H,29,34). The number of amides is 3. The molecule has 1 aliphatic heterocycles. The third-order valence-corrected chi connectivity index (χ3v) is 6.60. The first-order valence-corrected chi connectivity index (χ1v) is 11.9. The highest BCUT2D eigenvalue weighted by molar-refractivity contribution is 5.95. The van der Waals surface area contributed by atoms with Crippen molar-refractivity contribution in [2.24, 2.45) is 0 Å². The van der Waals surface area contributed by atoms with Gasteiger partial charge in [0.1, 0.15) is 0 Å². The minimum Gasteiger partial charge on any atom is -0.493 e. The number of carbonyl (C=O) groups excluding carboxylic acids is 2. The van der Waals surface area contributed by atoms with Gasteiger partial charge in [-0.15, -0.1) is 0 Å². The van der Waals surface area contributed by atoms with Crippen LogP contribution in [-0.4, -0.2) is 58.9 Å². The van der Waals surface area contributed by atoms with Crippen molar-refractivity contribution in [1.82, 2.24) is 25.3 Å². The lowest BCUT2D eigenvalue weighted by Crippen LogP contribution is -2.51. The summed E-state index contributed by atoms with van der Waals surface area (Å²) in [6, 6.07) is 4.73. The summed E-state index contributed by atoms with van der Waals surface area (Å²) in [4.78, 5) is 27.2. The molecule has 2 N–H and O–H groups in total. The molecule has 190 valence electrons. The Morgan fingerprint density at radius 3 is 2.37 bits per heavy atom. The Balaban J connectivity index is 1.36. The number of benzene rings is 1. The van der Waals surface area contributed by atoms with E-state index in [4.69, 9.17) is 4.74 Å². The summed E-state index contributed by atoms with van der Waals surface area (Å²) in [5.74, 6) is -0.318. The van der Waals surface area contributed by atoms with Crippen LogP contribution in [0.5, 0.6) is 5.75 Å². The van der Waals surface area contributed by atoms with Crippen LogP contribution in [0.1, 0.15) is 61.0 Å². The summed E-state index contributed by atoms with van der Waals surface area (Å²) in [6.45, 7) is 1.05. The first-order chi connectivity index (χ1) is 16.7. The molecule has 1 aromatic carbocycles. The Morgan fingerprint density at radius 1 is 1.03 bits per heavy atom. The lowest BCUT2D eigenvalue weighted by atomic mass is 9.95. The third-order valence-electron chi connectivity index (χ3n) is 6.60. The molecule has 0 atom stereocenters. The summed E-state index contributed by atoms with van der Waals surface area (Å²) < 4.78 is 45.7. The molecule has 0 radical (unpaired) electrons. The predicted octanol–water partition coefficient (Wildman–Crippen LogP) is 4.14. The highest BCUT2D eigenvalue weighted by atomic mass is 19.4. The number of aromatic nitrogens is 2. The largest absolute Gasteiger partial charge is 0.493 e. The maximum absolute atomic E-state index is 13.1. The van der Waals surface area contributed by atoms with Gasteiger partial charge < -0.3 is 20.3 Å². The number of hydrogen-bond donors (Lipinski definition) is 2. The molecule has 35 heavy (non-hydrogen) atoms. The van der Waals surface area contributed by atoms with Gasteiger partial charge in [-0.1, -0.05) is 25.3 Å². The number of methoxy groups -OCH3 is 1. The molecule has 1 aliphatic carbocycles. The lowest BCUT2D eigenvalue weighted by molar-refractivity contribution is -0.137. The van der Waals surface area contributed by atoms with Crippen molar-refractivity contribution in [3.05, 3.63) is 41.7 Å². The van der Waals surface area contributed by atoms with Gasteiger partial charge in [0, 0.05) is 25.2 Å². The zero-order valence-corrected chi connectivity index (χ0v) is 19.6. The number of nitrogens with zero attached hydrogens (tertiary/aromatic N) is 3. The highest BCUT2D eigenvalue weighted by Crippen LogP contribution is 2.31. The molecular formula is C24H30F3N5O3. The number of hydrogen-bond acceptors (Lipinski definition) is 4. The molecule has 0 unspecified atom stereocenters. The average molecular weight is 494 g/mol. The second-order valence-electron chi connectivity index (χ2n) is 9.06. The van der Waals surface area contributed by atoms with Crippen LogP contribution in [0.2, 0.25) is 0 Å². The number of carbonyl (C=O) groups is 2. The molecular weight excluding hydrogens is 463 g/mol. The van der Waals surface area contributed by atoms with Crippen LogP contribution in [0, 0.1) is 0 Å². The Kier molecular flexibility index (Phi) is 7.51. The number of ether oxygens (including phenoxy) is 1. The van der Waals surface area contributed by atoms with E-state index in [9.17, 15) is 22.8 Å². The van der Waals surface area contributed by atoms with E-state index in [2.05, 4.69) is 15.7 Å². The number of halogens is 3.